The van der Waals surface area contributed by atoms with E-state index in [9.17, 15) is 4.79 Å². The van der Waals surface area contributed by atoms with E-state index in [4.69, 9.17) is 5.73 Å². The van der Waals surface area contributed by atoms with Gasteiger partial charge in [-0.3, -0.25) is 4.79 Å². The number of piperidine rings is 1. The van der Waals surface area contributed by atoms with Crippen molar-refractivity contribution in [2.24, 2.45) is 11.1 Å². The van der Waals surface area contributed by atoms with E-state index in [1.165, 1.54) is 10.5 Å². The third-order valence-corrected chi connectivity index (χ3v) is 7.22. The number of amides is 1. The number of nitrogens with two attached hydrogens (primary N) is 1. The van der Waals surface area contributed by atoms with Gasteiger partial charge in [-0.15, -0.1) is 11.8 Å². The van der Waals surface area contributed by atoms with Gasteiger partial charge < -0.3 is 10.6 Å². The topological polar surface area (TPSA) is 46.3 Å². The van der Waals surface area contributed by atoms with Crippen LogP contribution in [-0.2, 0) is 4.79 Å². The Bertz CT molecular complexity index is 590. The zero-order valence-electron chi connectivity index (χ0n) is 15.2. The minimum absolute atomic E-state index is 0.00221. The van der Waals surface area contributed by atoms with Crippen molar-refractivity contribution in [1.29, 1.82) is 0 Å². The molecule has 1 aliphatic carbocycles. The van der Waals surface area contributed by atoms with Gasteiger partial charge in [0.25, 0.3) is 0 Å². The summed E-state index contributed by atoms with van der Waals surface area (Å²) in [5.41, 5.74) is 7.52. The Labute approximate surface area is 150 Å². The molecule has 3 nitrogen and oxygen atoms in total. The summed E-state index contributed by atoms with van der Waals surface area (Å²) in [7, 11) is 0. The van der Waals surface area contributed by atoms with Crippen LogP contribution in [0.3, 0.4) is 0 Å². The van der Waals surface area contributed by atoms with Crippen molar-refractivity contribution in [2.45, 2.75) is 68.6 Å². The van der Waals surface area contributed by atoms with Gasteiger partial charge in [-0.2, -0.15) is 0 Å². The molecule has 0 bridgehead atoms. The Morgan fingerprint density at radius 1 is 1.21 bits per heavy atom. The van der Waals surface area contributed by atoms with E-state index in [1.807, 2.05) is 0 Å². The van der Waals surface area contributed by atoms with Gasteiger partial charge in [-0.25, -0.2) is 0 Å². The van der Waals surface area contributed by atoms with Gasteiger partial charge in [0.15, 0.2) is 0 Å². The van der Waals surface area contributed by atoms with Crippen molar-refractivity contribution in [1.82, 2.24) is 4.90 Å². The van der Waals surface area contributed by atoms with E-state index in [2.05, 4.69) is 49.9 Å². The van der Waals surface area contributed by atoms with E-state index in [0.29, 0.717) is 5.91 Å². The molecule has 1 aliphatic heterocycles. The van der Waals surface area contributed by atoms with E-state index in [0.717, 1.165) is 45.2 Å². The van der Waals surface area contributed by atoms with Crippen LogP contribution in [0.5, 0.6) is 0 Å². The highest BCUT2D eigenvalue weighted by molar-refractivity contribution is 8.01. The lowest BCUT2D eigenvalue weighted by molar-refractivity contribution is -0.137. The molecule has 3 rings (SSSR count). The van der Waals surface area contributed by atoms with Gasteiger partial charge in [0.05, 0.1) is 4.75 Å². The first-order chi connectivity index (χ1) is 11.3. The fraction of sp³-hybridized carbons (Fsp3) is 0.650. The molecule has 1 heterocycles. The van der Waals surface area contributed by atoms with Crippen LogP contribution >= 0.6 is 11.8 Å². The summed E-state index contributed by atoms with van der Waals surface area (Å²) in [6, 6.07) is 8.77. The smallest absolute Gasteiger partial charge is 0.239 e. The molecule has 4 heteroatoms. The third kappa shape index (κ3) is 3.50. The molecule has 0 radical (unpaired) electrons. The van der Waals surface area contributed by atoms with Gasteiger partial charge in [0.2, 0.25) is 5.91 Å². The van der Waals surface area contributed by atoms with Gasteiger partial charge in [-0.1, -0.05) is 44.4 Å². The number of carbonyl (C=O) groups excluding carboxylic acids is 1. The molecule has 2 fully saturated rings. The maximum Gasteiger partial charge on any atom is 0.239 e. The van der Waals surface area contributed by atoms with E-state index < -0.39 is 0 Å². The Balaban J connectivity index is 1.79. The van der Waals surface area contributed by atoms with E-state index in [-0.39, 0.29) is 16.2 Å². The second-order valence-electron chi connectivity index (χ2n) is 8.23. The van der Waals surface area contributed by atoms with Gasteiger partial charge >= 0.3 is 0 Å². The first-order valence-electron chi connectivity index (χ1n) is 9.13. The molecule has 1 atom stereocenters. The third-order valence-electron chi connectivity index (χ3n) is 5.73. The lowest BCUT2D eigenvalue weighted by Crippen LogP contribution is -2.57. The fourth-order valence-electron chi connectivity index (χ4n) is 3.97. The highest BCUT2D eigenvalue weighted by Crippen LogP contribution is 2.47. The molecule has 0 aromatic heterocycles. The molecule has 2 aliphatic rings. The molecule has 24 heavy (non-hydrogen) atoms. The normalized spacial score (nSPS) is 25.7. The molecule has 2 N–H and O–H groups in total. The summed E-state index contributed by atoms with van der Waals surface area (Å²) in [5.74, 6) is 0.338. The number of likely N-dealkylation sites (tertiary alicyclic amines) is 1. The maximum absolute atomic E-state index is 13.5. The number of thioether (sulfide) groups is 1. The van der Waals surface area contributed by atoms with Crippen LogP contribution in [-0.4, -0.2) is 34.7 Å². The summed E-state index contributed by atoms with van der Waals surface area (Å²) in [5, 5.41) is 0. The molecule has 1 saturated carbocycles. The van der Waals surface area contributed by atoms with Crippen LogP contribution in [0.25, 0.3) is 0 Å². The average Bonchev–Trinajstić information content (AvgIpc) is 3.01. The number of carbonyl (C=O) groups is 1. The lowest BCUT2D eigenvalue weighted by Gasteiger charge is -2.45. The largest absolute Gasteiger partial charge is 0.341 e. The Hall–Kier alpha value is -1.00. The average molecular weight is 347 g/mol. The summed E-state index contributed by atoms with van der Waals surface area (Å²) >= 11 is 1.79. The van der Waals surface area contributed by atoms with Crippen LogP contribution < -0.4 is 5.73 Å². The zero-order valence-corrected chi connectivity index (χ0v) is 16.0. The maximum atomic E-state index is 13.5. The summed E-state index contributed by atoms with van der Waals surface area (Å²) in [6.07, 6.45) is 5.20. The number of nitrogens with zero attached hydrogens (tertiary/aromatic N) is 1. The van der Waals surface area contributed by atoms with Gasteiger partial charge in [0, 0.05) is 24.0 Å². The van der Waals surface area contributed by atoms with E-state index >= 15 is 0 Å². The first-order valence-corrected chi connectivity index (χ1v) is 9.95. The van der Waals surface area contributed by atoms with Crippen LogP contribution in [0, 0.1) is 12.3 Å². The van der Waals surface area contributed by atoms with E-state index in [1.54, 1.807) is 11.8 Å². The highest BCUT2D eigenvalue weighted by Gasteiger charge is 2.47. The monoisotopic (exact) mass is 346 g/mol. The van der Waals surface area contributed by atoms with Crippen molar-refractivity contribution in [2.75, 3.05) is 13.1 Å². The van der Waals surface area contributed by atoms with Crippen molar-refractivity contribution >= 4 is 17.7 Å². The lowest BCUT2D eigenvalue weighted by atomic mass is 9.79. The number of aryl methyl sites for hydroxylation is 1. The zero-order chi connectivity index (χ0) is 17.4. The second-order valence-corrected chi connectivity index (χ2v) is 9.68. The van der Waals surface area contributed by atoms with Crippen LogP contribution in [0.15, 0.2) is 29.2 Å². The molecule has 1 saturated heterocycles. The minimum atomic E-state index is -0.271. The van der Waals surface area contributed by atoms with Crippen LogP contribution in [0.4, 0.5) is 0 Å². The predicted octanol–water partition coefficient (Wildman–Crippen LogP) is 3.99. The fourth-order valence-corrected chi connectivity index (χ4v) is 5.41. The van der Waals surface area contributed by atoms with Crippen molar-refractivity contribution in [3.63, 3.8) is 0 Å². The van der Waals surface area contributed by atoms with Gasteiger partial charge in [0.1, 0.15) is 0 Å². The standard InChI is InChI=1S/C20H30N2OS/c1-15-6-8-16(9-7-15)24-20(11-4-5-12-20)18(23)22-13-10-17(21)19(2,3)14-22/h6-9,17H,4-5,10-14,21H2,1-3H3. The summed E-state index contributed by atoms with van der Waals surface area (Å²) < 4.78 is -0.271. The van der Waals surface area contributed by atoms with Crippen molar-refractivity contribution in [3.05, 3.63) is 29.8 Å². The number of hydrogen-bond donors (Lipinski definition) is 1. The van der Waals surface area contributed by atoms with Crippen LogP contribution in [0.1, 0.15) is 51.5 Å². The Morgan fingerprint density at radius 3 is 2.42 bits per heavy atom. The molecular weight excluding hydrogens is 316 g/mol. The van der Waals surface area contributed by atoms with Gasteiger partial charge in [-0.05, 0) is 43.7 Å². The molecular formula is C20H30N2OS. The minimum Gasteiger partial charge on any atom is -0.341 e. The molecule has 0 spiro atoms. The molecule has 1 aromatic rings. The summed E-state index contributed by atoms with van der Waals surface area (Å²) in [4.78, 5) is 16.8. The highest BCUT2D eigenvalue weighted by atomic mass is 32.2. The molecule has 1 unspecified atom stereocenters. The Kier molecular flexibility index (Phi) is 4.99. The number of hydrogen-bond acceptors (Lipinski definition) is 3. The molecule has 1 aromatic carbocycles. The van der Waals surface area contributed by atoms with Crippen molar-refractivity contribution < 1.29 is 4.79 Å². The second kappa shape index (κ2) is 6.72. The quantitative estimate of drug-likeness (QED) is 0.900. The molecule has 1 amide bonds. The Morgan fingerprint density at radius 2 is 1.83 bits per heavy atom. The van der Waals surface area contributed by atoms with Crippen molar-refractivity contribution in [3.8, 4) is 0 Å². The number of rotatable bonds is 3. The first kappa shape index (κ1) is 17.8. The SMILES string of the molecule is Cc1ccc(SC2(C(=O)N3CCC(N)C(C)(C)C3)CCCC2)cc1. The summed E-state index contributed by atoms with van der Waals surface area (Å²) in [6.45, 7) is 8.06. The molecule has 132 valence electrons. The van der Waals surface area contributed by atoms with Crippen LogP contribution in [0.2, 0.25) is 0 Å². The number of benzene rings is 1. The predicted molar refractivity (Wildman–Crippen MR) is 101 cm³/mol.